The highest BCUT2D eigenvalue weighted by Crippen LogP contribution is 2.37. The van der Waals surface area contributed by atoms with E-state index in [1.807, 2.05) is 0 Å². The van der Waals surface area contributed by atoms with E-state index in [1.54, 1.807) is 0 Å². The normalized spacial score (nSPS) is 17.9. The second-order valence-corrected chi connectivity index (χ2v) is 5.73. The van der Waals surface area contributed by atoms with Gasteiger partial charge in [0.25, 0.3) is 0 Å². The van der Waals surface area contributed by atoms with Crippen LogP contribution in [-0.2, 0) is 0 Å². The summed E-state index contributed by atoms with van der Waals surface area (Å²) in [6.07, 6.45) is -5.78. The average Bonchev–Trinajstić information content (AvgIpc) is 2.42. The predicted molar refractivity (Wildman–Crippen MR) is 79.2 cm³/mol. The first kappa shape index (κ1) is 19.6. The molecule has 1 aromatic rings. The molecule has 1 aliphatic rings. The topological polar surface area (TPSA) is 15.3 Å². The first-order valence-corrected chi connectivity index (χ1v) is 7.24. The van der Waals surface area contributed by atoms with Crippen LogP contribution < -0.4 is 5.32 Å². The van der Waals surface area contributed by atoms with Crippen molar-refractivity contribution in [3.05, 3.63) is 33.8 Å². The molecule has 0 radical (unpaired) electrons. The summed E-state index contributed by atoms with van der Waals surface area (Å²) in [5, 5.41) is 3.00. The Hall–Kier alpha value is -0.440. The van der Waals surface area contributed by atoms with Crippen LogP contribution in [0, 0.1) is 11.6 Å². The van der Waals surface area contributed by atoms with E-state index in [4.69, 9.17) is 0 Å². The zero-order valence-corrected chi connectivity index (χ0v) is 13.8. The van der Waals surface area contributed by atoms with Gasteiger partial charge in [-0.1, -0.05) is 0 Å². The van der Waals surface area contributed by atoms with Gasteiger partial charge in [-0.25, -0.2) is 8.78 Å². The lowest BCUT2D eigenvalue weighted by Crippen LogP contribution is -2.46. The van der Waals surface area contributed by atoms with E-state index in [-0.39, 0.29) is 16.9 Å². The molecule has 1 heterocycles. The van der Waals surface area contributed by atoms with E-state index in [9.17, 15) is 22.0 Å². The molecule has 2 nitrogen and oxygen atoms in total. The molecule has 0 amide bonds. The number of hydrogen-bond acceptors (Lipinski definition) is 2. The van der Waals surface area contributed by atoms with Crippen molar-refractivity contribution in [1.29, 1.82) is 0 Å². The second-order valence-electron chi connectivity index (χ2n) is 4.88. The van der Waals surface area contributed by atoms with Crippen molar-refractivity contribution >= 4 is 28.3 Å². The van der Waals surface area contributed by atoms with Gasteiger partial charge in [0, 0.05) is 37.8 Å². The van der Waals surface area contributed by atoms with Crippen LogP contribution >= 0.6 is 28.3 Å². The van der Waals surface area contributed by atoms with Gasteiger partial charge in [-0.3, -0.25) is 4.90 Å². The lowest BCUT2D eigenvalue weighted by Gasteiger charge is -2.36. The maximum atomic E-state index is 14.1. The summed E-state index contributed by atoms with van der Waals surface area (Å²) in [7, 11) is 0. The van der Waals surface area contributed by atoms with Gasteiger partial charge in [-0.2, -0.15) is 13.2 Å². The summed E-state index contributed by atoms with van der Waals surface area (Å²) in [5.74, 6) is -1.92. The van der Waals surface area contributed by atoms with Gasteiger partial charge in [0.15, 0.2) is 0 Å². The molecule has 2 rings (SSSR count). The molecule has 0 saturated carbocycles. The molecule has 1 aromatic carbocycles. The van der Waals surface area contributed by atoms with Crippen LogP contribution in [-0.4, -0.2) is 37.3 Å². The predicted octanol–water partition coefficient (Wildman–Crippen LogP) is 4.05. The van der Waals surface area contributed by atoms with Gasteiger partial charge in [-0.15, -0.1) is 12.4 Å². The second kappa shape index (κ2) is 7.90. The molecule has 0 aliphatic carbocycles. The van der Waals surface area contributed by atoms with Gasteiger partial charge in [-0.05, 0) is 28.1 Å². The molecule has 0 spiro atoms. The molecule has 1 atom stereocenters. The monoisotopic (exact) mass is 408 g/mol. The van der Waals surface area contributed by atoms with Crippen LogP contribution in [0.15, 0.2) is 16.6 Å². The maximum absolute atomic E-state index is 14.1. The van der Waals surface area contributed by atoms with E-state index in [2.05, 4.69) is 21.2 Å². The van der Waals surface area contributed by atoms with E-state index in [0.29, 0.717) is 26.2 Å². The third kappa shape index (κ3) is 4.78. The molecule has 9 heteroatoms. The number of hydrogen-bond donors (Lipinski definition) is 1. The molecule has 126 valence electrons. The molecule has 1 aliphatic heterocycles. The SMILES string of the molecule is Cl.Fc1ccc(Br)c(F)c1[C@@H](CC(F)(F)F)N1CCNCC1. The number of piperazine rings is 1. The van der Waals surface area contributed by atoms with Gasteiger partial charge in [0.2, 0.25) is 0 Å². The number of alkyl halides is 3. The van der Waals surface area contributed by atoms with Crippen molar-refractivity contribution in [3.63, 3.8) is 0 Å². The Morgan fingerprint density at radius 2 is 1.77 bits per heavy atom. The van der Waals surface area contributed by atoms with Crippen molar-refractivity contribution in [3.8, 4) is 0 Å². The van der Waals surface area contributed by atoms with Crippen molar-refractivity contribution in [2.45, 2.75) is 18.6 Å². The van der Waals surface area contributed by atoms with Gasteiger partial charge >= 0.3 is 6.18 Å². The highest BCUT2D eigenvalue weighted by atomic mass is 79.9. The maximum Gasteiger partial charge on any atom is 0.390 e. The first-order valence-electron chi connectivity index (χ1n) is 6.44. The quantitative estimate of drug-likeness (QED) is 0.599. The van der Waals surface area contributed by atoms with Crippen LogP contribution in [0.3, 0.4) is 0 Å². The van der Waals surface area contributed by atoms with E-state index < -0.39 is 35.8 Å². The highest BCUT2D eigenvalue weighted by Gasteiger charge is 2.38. The summed E-state index contributed by atoms with van der Waals surface area (Å²) >= 11 is 2.90. The van der Waals surface area contributed by atoms with Crippen LogP contribution in [0.1, 0.15) is 18.0 Å². The third-order valence-corrected chi connectivity index (χ3v) is 4.04. The Bertz CT molecular complexity index is 506. The number of halogens is 7. The third-order valence-electron chi connectivity index (χ3n) is 3.43. The Kier molecular flexibility index (Phi) is 7.04. The van der Waals surface area contributed by atoms with Crippen molar-refractivity contribution in [1.82, 2.24) is 10.2 Å². The lowest BCUT2D eigenvalue weighted by molar-refractivity contribution is -0.149. The smallest absolute Gasteiger partial charge is 0.314 e. The summed E-state index contributed by atoms with van der Waals surface area (Å²) in [6.45, 7) is 1.61. The molecular formula is C13H15BrClF5N2. The number of nitrogens with zero attached hydrogens (tertiary/aromatic N) is 1. The summed E-state index contributed by atoms with van der Waals surface area (Å²) in [6, 6.07) is 0.773. The molecule has 0 bridgehead atoms. The van der Waals surface area contributed by atoms with E-state index in [0.717, 1.165) is 12.1 Å². The molecule has 0 aromatic heterocycles. The summed E-state index contributed by atoms with van der Waals surface area (Å²) < 4.78 is 66.5. The Morgan fingerprint density at radius 1 is 1.18 bits per heavy atom. The van der Waals surface area contributed by atoms with Crippen molar-refractivity contribution in [2.75, 3.05) is 26.2 Å². The van der Waals surface area contributed by atoms with Crippen LogP contribution in [0.2, 0.25) is 0 Å². The van der Waals surface area contributed by atoms with E-state index in [1.165, 1.54) is 4.90 Å². The highest BCUT2D eigenvalue weighted by molar-refractivity contribution is 9.10. The minimum absolute atomic E-state index is 0. The van der Waals surface area contributed by atoms with Crippen LogP contribution in [0.4, 0.5) is 22.0 Å². The molecule has 1 fully saturated rings. The minimum Gasteiger partial charge on any atom is -0.314 e. The number of rotatable bonds is 3. The van der Waals surface area contributed by atoms with Gasteiger partial charge in [0.05, 0.1) is 10.9 Å². The fourth-order valence-corrected chi connectivity index (χ4v) is 2.82. The van der Waals surface area contributed by atoms with Crippen molar-refractivity contribution in [2.24, 2.45) is 0 Å². The molecular weight excluding hydrogens is 395 g/mol. The largest absolute Gasteiger partial charge is 0.390 e. The summed E-state index contributed by atoms with van der Waals surface area (Å²) in [4.78, 5) is 1.47. The molecule has 22 heavy (non-hydrogen) atoms. The lowest BCUT2D eigenvalue weighted by atomic mass is 9.99. The summed E-state index contributed by atoms with van der Waals surface area (Å²) in [5.41, 5.74) is -0.524. The minimum atomic E-state index is -4.50. The first-order chi connectivity index (χ1) is 9.79. The van der Waals surface area contributed by atoms with Crippen LogP contribution in [0.25, 0.3) is 0 Å². The standard InChI is InChI=1S/C13H14BrF5N2.ClH/c14-8-1-2-9(15)11(12(8)16)10(7-13(17,18)19)21-5-3-20-4-6-21;/h1-2,10,20H,3-7H2;1H/t10-;/m1./s1. The van der Waals surface area contributed by atoms with Gasteiger partial charge in [0.1, 0.15) is 11.6 Å². The number of nitrogens with one attached hydrogen (secondary N) is 1. The van der Waals surface area contributed by atoms with Crippen molar-refractivity contribution < 1.29 is 22.0 Å². The Labute approximate surface area is 139 Å². The number of benzene rings is 1. The molecule has 1 N–H and O–H groups in total. The van der Waals surface area contributed by atoms with E-state index >= 15 is 0 Å². The fraction of sp³-hybridized carbons (Fsp3) is 0.538. The fourth-order valence-electron chi connectivity index (χ4n) is 2.47. The zero-order valence-electron chi connectivity index (χ0n) is 11.4. The molecule has 0 unspecified atom stereocenters. The molecule has 1 saturated heterocycles. The van der Waals surface area contributed by atoms with Gasteiger partial charge < -0.3 is 5.32 Å². The Morgan fingerprint density at radius 3 is 2.32 bits per heavy atom. The average molecular weight is 410 g/mol. The zero-order chi connectivity index (χ0) is 15.6. The van der Waals surface area contributed by atoms with Crippen LogP contribution in [0.5, 0.6) is 0 Å². The Balaban J connectivity index is 0.00000242.